The Morgan fingerprint density at radius 3 is 2.75 bits per heavy atom. The average Bonchev–Trinajstić information content (AvgIpc) is 1.66. The van der Waals surface area contributed by atoms with E-state index in [-0.39, 0.29) is 13.0 Å². The number of hydrogen-bond donors (Lipinski definition) is 2. The summed E-state index contributed by atoms with van der Waals surface area (Å²) >= 11 is 0. The van der Waals surface area contributed by atoms with Gasteiger partial charge in [0.15, 0.2) is 0 Å². The third-order valence-corrected chi connectivity index (χ3v) is 0.504. The summed E-state index contributed by atoms with van der Waals surface area (Å²) in [7, 11) is 0.614. The van der Waals surface area contributed by atoms with Crippen LogP contribution in [-0.4, -0.2) is 31.2 Å². The Bertz CT molecular complexity index is 94.5. The molecule has 2 N–H and O–H groups in total. The van der Waals surface area contributed by atoms with Gasteiger partial charge in [-0.25, -0.2) is 0 Å². The first-order valence-corrected chi connectivity index (χ1v) is 2.13. The summed E-state index contributed by atoms with van der Waals surface area (Å²) in [6.45, 7) is -0.154. The SMILES string of the molecule is O=BCNCC(=O)O. The van der Waals surface area contributed by atoms with Crippen LogP contribution in [0.1, 0.15) is 0 Å². The van der Waals surface area contributed by atoms with Crippen LogP contribution in [0.5, 0.6) is 0 Å². The summed E-state index contributed by atoms with van der Waals surface area (Å²) < 4.78 is 9.53. The molecule has 0 spiro atoms. The van der Waals surface area contributed by atoms with Crippen molar-refractivity contribution in [3.8, 4) is 0 Å². The molecule has 44 valence electrons. The number of nitrogens with one attached hydrogen (secondary N) is 1. The summed E-state index contributed by atoms with van der Waals surface area (Å²) in [4.78, 5) is 9.70. The predicted molar refractivity (Wildman–Crippen MR) is 26.9 cm³/mol. The van der Waals surface area contributed by atoms with Gasteiger partial charge in [0.1, 0.15) is 0 Å². The molecule has 0 rings (SSSR count). The molecule has 0 radical (unpaired) electrons. The number of carboxylic acids is 1. The fourth-order valence-electron chi connectivity index (χ4n) is 0.238. The Morgan fingerprint density at radius 1 is 1.75 bits per heavy atom. The van der Waals surface area contributed by atoms with Gasteiger partial charge in [0.05, 0.1) is 0 Å². The molecule has 0 aromatic carbocycles. The van der Waals surface area contributed by atoms with Gasteiger partial charge in [0, 0.05) is 0 Å². The Balaban J connectivity index is 2.93. The van der Waals surface area contributed by atoms with Gasteiger partial charge in [-0.05, 0) is 0 Å². The normalized spacial score (nSPS) is 8.00. The summed E-state index contributed by atoms with van der Waals surface area (Å²) in [6, 6.07) is 0. The van der Waals surface area contributed by atoms with E-state index < -0.39 is 5.97 Å². The number of hydrogen-bond acceptors (Lipinski definition) is 3. The summed E-state index contributed by atoms with van der Waals surface area (Å²) in [5.41, 5.74) is 0. The van der Waals surface area contributed by atoms with Crippen molar-refractivity contribution in [3.63, 3.8) is 0 Å². The van der Waals surface area contributed by atoms with Crippen LogP contribution in [0.4, 0.5) is 0 Å². The fraction of sp³-hybridized carbons (Fsp3) is 0.667. The van der Waals surface area contributed by atoms with E-state index in [2.05, 4.69) is 5.32 Å². The molecule has 0 aliphatic heterocycles. The first kappa shape index (κ1) is 7.29. The van der Waals surface area contributed by atoms with Gasteiger partial charge in [-0.3, -0.25) is 0 Å². The van der Waals surface area contributed by atoms with Gasteiger partial charge >= 0.3 is 46.0 Å². The van der Waals surface area contributed by atoms with Crippen LogP contribution in [0.3, 0.4) is 0 Å². The Morgan fingerprint density at radius 2 is 2.38 bits per heavy atom. The molecule has 0 aliphatic rings. The van der Waals surface area contributed by atoms with Gasteiger partial charge in [-0.2, -0.15) is 0 Å². The molecule has 0 fully saturated rings. The van der Waals surface area contributed by atoms with Gasteiger partial charge in [-0.1, -0.05) is 0 Å². The molecule has 0 amide bonds. The molecular formula is C3H6BNO3. The van der Waals surface area contributed by atoms with Crippen LogP contribution in [-0.2, 0) is 9.50 Å². The number of rotatable bonds is 4. The Labute approximate surface area is 47.1 Å². The minimum atomic E-state index is -0.952. The van der Waals surface area contributed by atoms with E-state index in [9.17, 15) is 9.50 Å². The van der Waals surface area contributed by atoms with Crippen LogP contribution in [0.15, 0.2) is 0 Å². The van der Waals surface area contributed by atoms with Crippen molar-refractivity contribution in [3.05, 3.63) is 0 Å². The number of carbonyl (C=O) groups is 1. The third kappa shape index (κ3) is 5.29. The third-order valence-electron chi connectivity index (χ3n) is 0.504. The molecular weight excluding hydrogens is 109 g/mol. The van der Waals surface area contributed by atoms with Crippen molar-refractivity contribution in [2.24, 2.45) is 0 Å². The van der Waals surface area contributed by atoms with Crippen molar-refractivity contribution in [2.45, 2.75) is 0 Å². The van der Waals surface area contributed by atoms with Gasteiger partial charge < -0.3 is 0 Å². The molecule has 5 heteroatoms. The average molecular weight is 115 g/mol. The van der Waals surface area contributed by atoms with Crippen LogP contribution in [0.2, 0.25) is 0 Å². The second-order valence-electron chi connectivity index (χ2n) is 1.19. The summed E-state index contributed by atoms with van der Waals surface area (Å²) in [5.74, 6) is -0.952. The van der Waals surface area contributed by atoms with Crippen LogP contribution < -0.4 is 5.32 Å². The van der Waals surface area contributed by atoms with E-state index in [1.807, 2.05) is 0 Å². The maximum atomic E-state index is 9.70. The number of carboxylic acid groups (broad SMARTS) is 1. The number of aliphatic carboxylic acids is 1. The van der Waals surface area contributed by atoms with E-state index in [4.69, 9.17) is 5.11 Å². The quantitative estimate of drug-likeness (QED) is 0.351. The second-order valence-corrected chi connectivity index (χ2v) is 1.19. The molecule has 0 aromatic rings. The minimum absolute atomic E-state index is 0.103. The standard InChI is InChI=1S/C3H6BNO3/c6-3(7)1-5-2-4-8/h5H,1-2H2,(H,6,7). The zero-order valence-corrected chi connectivity index (χ0v) is 4.26. The molecule has 0 bridgehead atoms. The van der Waals surface area contributed by atoms with Crippen molar-refractivity contribution >= 4 is 13.1 Å². The van der Waals surface area contributed by atoms with E-state index >= 15 is 0 Å². The van der Waals surface area contributed by atoms with E-state index in [0.717, 1.165) is 0 Å². The molecule has 0 heterocycles. The van der Waals surface area contributed by atoms with Crippen LogP contribution in [0.25, 0.3) is 0 Å². The van der Waals surface area contributed by atoms with E-state index in [0.29, 0.717) is 7.15 Å². The molecule has 8 heavy (non-hydrogen) atoms. The van der Waals surface area contributed by atoms with Gasteiger partial charge in [0.2, 0.25) is 0 Å². The zero-order valence-electron chi connectivity index (χ0n) is 4.26. The zero-order chi connectivity index (χ0) is 6.41. The first-order chi connectivity index (χ1) is 3.77. The topological polar surface area (TPSA) is 66.4 Å². The molecule has 0 aliphatic carbocycles. The molecule has 0 unspecified atom stereocenters. The van der Waals surface area contributed by atoms with E-state index in [1.165, 1.54) is 0 Å². The summed E-state index contributed by atoms with van der Waals surface area (Å²) in [6.07, 6.45) is 0.103. The van der Waals surface area contributed by atoms with Crippen molar-refractivity contribution in [1.82, 2.24) is 5.32 Å². The summed E-state index contributed by atoms with van der Waals surface area (Å²) in [5, 5.41) is 10.3. The van der Waals surface area contributed by atoms with Crippen LogP contribution in [0, 0.1) is 0 Å². The van der Waals surface area contributed by atoms with Crippen molar-refractivity contribution in [2.75, 3.05) is 13.0 Å². The molecule has 4 nitrogen and oxygen atoms in total. The monoisotopic (exact) mass is 115 g/mol. The Hall–Kier alpha value is -0.705. The van der Waals surface area contributed by atoms with Crippen molar-refractivity contribution in [1.29, 1.82) is 0 Å². The van der Waals surface area contributed by atoms with Crippen LogP contribution >= 0.6 is 0 Å². The van der Waals surface area contributed by atoms with Gasteiger partial charge in [0.25, 0.3) is 0 Å². The maximum absolute atomic E-state index is 9.70. The molecule has 0 aromatic heterocycles. The molecule has 0 saturated heterocycles. The first-order valence-electron chi connectivity index (χ1n) is 2.13. The van der Waals surface area contributed by atoms with Gasteiger partial charge in [-0.15, -0.1) is 0 Å². The van der Waals surface area contributed by atoms with Crippen molar-refractivity contribution < 1.29 is 14.6 Å². The molecule has 0 atom stereocenters. The predicted octanol–water partition coefficient (Wildman–Crippen LogP) is -1.33. The molecule has 0 saturated carbocycles. The second kappa shape index (κ2) is 4.45. The fourth-order valence-corrected chi connectivity index (χ4v) is 0.238. The Kier molecular flexibility index (Phi) is 4.06. The van der Waals surface area contributed by atoms with E-state index in [1.54, 1.807) is 0 Å².